The van der Waals surface area contributed by atoms with Crippen molar-refractivity contribution in [2.24, 2.45) is 0 Å². The van der Waals surface area contributed by atoms with E-state index in [-0.39, 0.29) is 4.90 Å². The van der Waals surface area contributed by atoms with Gasteiger partial charge in [0, 0.05) is 5.56 Å². The van der Waals surface area contributed by atoms with Gasteiger partial charge in [0.2, 0.25) is 0 Å². The normalized spacial score (nSPS) is 18.2. The minimum atomic E-state index is -4.62. The number of hydrogen-bond donors (Lipinski definition) is 0. The molecule has 0 aliphatic carbocycles. The Hall–Kier alpha value is -0.980. The van der Waals surface area contributed by atoms with Gasteiger partial charge in [-0.1, -0.05) is 12.1 Å². The fraction of sp³-hybridized carbons (Fsp3) is 0.333. The van der Waals surface area contributed by atoms with Crippen molar-refractivity contribution < 1.29 is 21.8 Å². The van der Waals surface area contributed by atoms with Gasteiger partial charge in [0.15, 0.2) is 6.29 Å². The van der Waals surface area contributed by atoms with Gasteiger partial charge < -0.3 is 9.47 Å². The van der Waals surface area contributed by atoms with Crippen molar-refractivity contribution >= 4 is 10.2 Å². The van der Waals surface area contributed by atoms with Crippen LogP contribution < -0.4 is 0 Å². The lowest BCUT2D eigenvalue weighted by molar-refractivity contribution is -0.0441. The van der Waals surface area contributed by atoms with Crippen molar-refractivity contribution in [3.63, 3.8) is 0 Å². The molecule has 0 saturated carbocycles. The summed E-state index contributed by atoms with van der Waals surface area (Å²) in [6.07, 6.45) is -0.471. The Morgan fingerprint density at radius 3 is 2.13 bits per heavy atom. The van der Waals surface area contributed by atoms with Crippen LogP contribution in [0.3, 0.4) is 0 Å². The molecule has 1 aromatic rings. The lowest BCUT2D eigenvalue weighted by Crippen LogP contribution is -1.99. The van der Waals surface area contributed by atoms with Gasteiger partial charge in [0.25, 0.3) is 0 Å². The fourth-order valence-corrected chi connectivity index (χ4v) is 1.80. The Balaban J connectivity index is 2.24. The first-order valence-corrected chi connectivity index (χ1v) is 5.73. The van der Waals surface area contributed by atoms with Gasteiger partial charge in [-0.2, -0.15) is 8.42 Å². The number of hydrogen-bond acceptors (Lipinski definition) is 4. The maximum absolute atomic E-state index is 12.5. The third-order valence-electron chi connectivity index (χ3n) is 2.06. The lowest BCUT2D eigenvalue weighted by atomic mass is 10.2. The van der Waals surface area contributed by atoms with Crippen LogP contribution in [0.2, 0.25) is 0 Å². The molecule has 0 amide bonds. The largest absolute Gasteiger partial charge is 0.346 e. The second-order valence-corrected chi connectivity index (χ2v) is 4.43. The average Bonchev–Trinajstić information content (AvgIpc) is 2.69. The summed E-state index contributed by atoms with van der Waals surface area (Å²) < 4.78 is 44.0. The lowest BCUT2D eigenvalue weighted by Gasteiger charge is -2.08. The summed E-state index contributed by atoms with van der Waals surface area (Å²) in [6, 6.07) is 5.33. The number of rotatable bonds is 2. The zero-order valence-electron chi connectivity index (χ0n) is 7.72. The zero-order valence-corrected chi connectivity index (χ0v) is 8.54. The van der Waals surface area contributed by atoms with E-state index in [0.717, 1.165) is 0 Å². The van der Waals surface area contributed by atoms with Crippen LogP contribution in [0, 0.1) is 0 Å². The van der Waals surface area contributed by atoms with Crippen LogP contribution in [0.4, 0.5) is 3.89 Å². The number of benzene rings is 1. The molecule has 0 bridgehead atoms. The summed E-state index contributed by atoms with van der Waals surface area (Å²) in [6.45, 7) is 1.02. The molecule has 0 aromatic heterocycles. The van der Waals surface area contributed by atoms with E-state index >= 15 is 0 Å². The molecule has 1 heterocycles. The second kappa shape index (κ2) is 3.88. The second-order valence-electron chi connectivity index (χ2n) is 3.08. The first-order valence-electron chi connectivity index (χ1n) is 4.35. The van der Waals surface area contributed by atoms with Gasteiger partial charge in [0.05, 0.1) is 18.1 Å². The summed E-state index contributed by atoms with van der Waals surface area (Å²) in [4.78, 5) is -0.357. The van der Waals surface area contributed by atoms with Gasteiger partial charge >= 0.3 is 10.2 Å². The molecule has 82 valence electrons. The molecule has 0 N–H and O–H groups in total. The van der Waals surface area contributed by atoms with Gasteiger partial charge in [-0.15, -0.1) is 3.89 Å². The van der Waals surface area contributed by atoms with Crippen molar-refractivity contribution in [1.82, 2.24) is 0 Å². The van der Waals surface area contributed by atoms with Crippen molar-refractivity contribution in [2.45, 2.75) is 11.2 Å². The minimum absolute atomic E-state index is 0.357. The van der Waals surface area contributed by atoms with E-state index in [9.17, 15) is 12.3 Å². The van der Waals surface area contributed by atoms with Crippen LogP contribution in [0.15, 0.2) is 29.2 Å². The number of halogens is 1. The van der Waals surface area contributed by atoms with Crippen LogP contribution in [0.1, 0.15) is 11.9 Å². The molecular weight excluding hydrogens is 223 g/mol. The van der Waals surface area contributed by atoms with Gasteiger partial charge in [-0.25, -0.2) is 0 Å². The molecule has 0 unspecified atom stereocenters. The van der Waals surface area contributed by atoms with Gasteiger partial charge in [-0.3, -0.25) is 0 Å². The van der Waals surface area contributed by atoms with E-state index in [0.29, 0.717) is 18.8 Å². The van der Waals surface area contributed by atoms with Crippen LogP contribution in [-0.2, 0) is 19.7 Å². The van der Waals surface area contributed by atoms with Gasteiger partial charge in [-0.05, 0) is 12.1 Å². The predicted octanol–water partition coefficient (Wildman–Crippen LogP) is 1.39. The molecule has 0 atom stereocenters. The molecule has 1 aromatic carbocycles. The molecule has 1 aliphatic heterocycles. The highest BCUT2D eigenvalue weighted by atomic mass is 32.3. The van der Waals surface area contributed by atoms with E-state index in [4.69, 9.17) is 9.47 Å². The van der Waals surface area contributed by atoms with Crippen LogP contribution in [-0.4, -0.2) is 21.6 Å². The first-order chi connectivity index (χ1) is 7.07. The highest BCUT2D eigenvalue weighted by Gasteiger charge is 2.19. The highest BCUT2D eigenvalue weighted by Crippen LogP contribution is 2.24. The average molecular weight is 232 g/mol. The molecule has 1 fully saturated rings. The molecule has 1 aliphatic rings. The summed E-state index contributed by atoms with van der Waals surface area (Å²) in [7, 11) is -4.62. The summed E-state index contributed by atoms with van der Waals surface area (Å²) in [5.41, 5.74) is 0.680. The molecule has 4 nitrogen and oxygen atoms in total. The summed E-state index contributed by atoms with van der Waals surface area (Å²) in [5.74, 6) is 0. The summed E-state index contributed by atoms with van der Waals surface area (Å²) >= 11 is 0. The molecule has 2 rings (SSSR count). The Kier molecular flexibility index (Phi) is 2.72. The molecule has 0 spiro atoms. The van der Waals surface area contributed by atoms with Crippen LogP contribution in [0.5, 0.6) is 0 Å². The highest BCUT2D eigenvalue weighted by molar-refractivity contribution is 7.86. The number of ether oxygens (including phenoxy) is 2. The molecule has 15 heavy (non-hydrogen) atoms. The van der Waals surface area contributed by atoms with E-state index in [1.807, 2.05) is 0 Å². The predicted molar refractivity (Wildman–Crippen MR) is 49.4 cm³/mol. The molecular formula is C9H9FO4S. The fourth-order valence-electron chi connectivity index (χ4n) is 1.34. The van der Waals surface area contributed by atoms with Gasteiger partial charge in [0.1, 0.15) is 0 Å². The monoisotopic (exact) mass is 232 g/mol. The Bertz CT molecular complexity index is 434. The van der Waals surface area contributed by atoms with Crippen molar-refractivity contribution in [1.29, 1.82) is 0 Å². The third-order valence-corrected chi connectivity index (χ3v) is 2.89. The topological polar surface area (TPSA) is 52.6 Å². The van der Waals surface area contributed by atoms with E-state index < -0.39 is 16.5 Å². The Morgan fingerprint density at radius 1 is 1.13 bits per heavy atom. The Labute approximate surface area is 86.8 Å². The van der Waals surface area contributed by atoms with Crippen LogP contribution in [0.25, 0.3) is 0 Å². The summed E-state index contributed by atoms with van der Waals surface area (Å²) in [5, 5.41) is 0. The standard InChI is InChI=1S/C9H9FO4S/c10-15(11,12)8-3-1-7(2-4-8)9-13-5-6-14-9/h1-4,9H,5-6H2. The minimum Gasteiger partial charge on any atom is -0.346 e. The Morgan fingerprint density at radius 2 is 1.67 bits per heavy atom. The third kappa shape index (κ3) is 2.34. The molecule has 6 heteroatoms. The quantitative estimate of drug-likeness (QED) is 0.723. The smallest absolute Gasteiger partial charge is 0.332 e. The van der Waals surface area contributed by atoms with Crippen LogP contribution >= 0.6 is 0 Å². The van der Waals surface area contributed by atoms with Crippen molar-refractivity contribution in [3.8, 4) is 0 Å². The van der Waals surface area contributed by atoms with E-state index in [1.54, 1.807) is 0 Å². The molecule has 1 saturated heterocycles. The van der Waals surface area contributed by atoms with E-state index in [2.05, 4.69) is 0 Å². The first kappa shape index (κ1) is 10.5. The molecule has 0 radical (unpaired) electrons. The van der Waals surface area contributed by atoms with Crippen molar-refractivity contribution in [3.05, 3.63) is 29.8 Å². The maximum atomic E-state index is 12.5. The van der Waals surface area contributed by atoms with E-state index in [1.165, 1.54) is 24.3 Å². The maximum Gasteiger partial charge on any atom is 0.332 e. The van der Waals surface area contributed by atoms with Crippen molar-refractivity contribution in [2.75, 3.05) is 13.2 Å². The SMILES string of the molecule is O=S(=O)(F)c1ccc(C2OCCO2)cc1. The zero-order chi connectivity index (χ0) is 10.9.